The van der Waals surface area contributed by atoms with Crippen LogP contribution in [0.25, 0.3) is 0 Å². The largest absolute Gasteiger partial charge is 0.495 e. The summed E-state index contributed by atoms with van der Waals surface area (Å²) in [5, 5.41) is 4.11. The Balaban J connectivity index is 2.13. The van der Waals surface area contributed by atoms with Crippen molar-refractivity contribution < 1.29 is 4.74 Å². The Morgan fingerprint density at radius 2 is 2.33 bits per heavy atom. The van der Waals surface area contributed by atoms with Crippen LogP contribution in [0.1, 0.15) is 36.4 Å². The zero-order valence-corrected chi connectivity index (χ0v) is 11.8. The van der Waals surface area contributed by atoms with E-state index in [0.29, 0.717) is 16.8 Å². The first-order valence-electron chi connectivity index (χ1n) is 6.45. The van der Waals surface area contributed by atoms with E-state index in [0.717, 1.165) is 24.1 Å². The van der Waals surface area contributed by atoms with Gasteiger partial charge in [-0.15, -0.1) is 0 Å². The SMILES string of the molecule is COc1cc(C)c(C(N)CC2CCCN2)cc1Cl. The minimum Gasteiger partial charge on any atom is -0.495 e. The van der Waals surface area contributed by atoms with Gasteiger partial charge in [-0.25, -0.2) is 0 Å². The molecule has 1 fully saturated rings. The number of ether oxygens (including phenoxy) is 1. The Labute approximate surface area is 114 Å². The van der Waals surface area contributed by atoms with Crippen LogP contribution in [0.5, 0.6) is 5.75 Å². The molecule has 3 nitrogen and oxygen atoms in total. The highest BCUT2D eigenvalue weighted by Gasteiger charge is 2.20. The lowest BCUT2D eigenvalue weighted by Crippen LogP contribution is -2.27. The predicted molar refractivity (Wildman–Crippen MR) is 75.3 cm³/mol. The molecule has 2 unspecified atom stereocenters. The highest BCUT2D eigenvalue weighted by molar-refractivity contribution is 6.32. The summed E-state index contributed by atoms with van der Waals surface area (Å²) in [6, 6.07) is 4.47. The Kier molecular flexibility index (Phi) is 4.49. The average molecular weight is 269 g/mol. The topological polar surface area (TPSA) is 47.3 Å². The van der Waals surface area contributed by atoms with E-state index in [2.05, 4.69) is 12.2 Å². The Bertz CT molecular complexity index is 417. The number of nitrogens with one attached hydrogen (secondary N) is 1. The summed E-state index contributed by atoms with van der Waals surface area (Å²) in [5.41, 5.74) is 8.56. The van der Waals surface area contributed by atoms with Gasteiger partial charge >= 0.3 is 0 Å². The molecule has 1 aromatic carbocycles. The summed E-state index contributed by atoms with van der Waals surface area (Å²) < 4.78 is 5.21. The van der Waals surface area contributed by atoms with E-state index in [1.165, 1.54) is 12.8 Å². The third-order valence-corrected chi connectivity index (χ3v) is 3.94. The minimum absolute atomic E-state index is 0.0315. The van der Waals surface area contributed by atoms with Gasteiger partial charge in [-0.1, -0.05) is 11.6 Å². The number of halogens is 1. The number of hydrogen-bond donors (Lipinski definition) is 2. The summed E-state index contributed by atoms with van der Waals surface area (Å²) in [7, 11) is 1.63. The second kappa shape index (κ2) is 5.91. The molecule has 0 aromatic heterocycles. The van der Waals surface area contributed by atoms with Gasteiger partial charge in [0.05, 0.1) is 12.1 Å². The number of rotatable bonds is 4. The third-order valence-electron chi connectivity index (χ3n) is 3.64. The van der Waals surface area contributed by atoms with E-state index in [1.807, 2.05) is 12.1 Å². The smallest absolute Gasteiger partial charge is 0.137 e. The zero-order chi connectivity index (χ0) is 13.1. The number of nitrogens with two attached hydrogens (primary N) is 1. The van der Waals surface area contributed by atoms with Gasteiger partial charge in [0.1, 0.15) is 5.75 Å². The molecule has 1 aliphatic heterocycles. The molecule has 2 atom stereocenters. The average Bonchev–Trinajstić information content (AvgIpc) is 2.84. The Morgan fingerprint density at radius 1 is 1.56 bits per heavy atom. The lowest BCUT2D eigenvalue weighted by Gasteiger charge is -2.20. The maximum absolute atomic E-state index is 6.30. The van der Waals surface area contributed by atoms with Crippen LogP contribution < -0.4 is 15.8 Å². The summed E-state index contributed by atoms with van der Waals surface area (Å²) in [6.45, 7) is 3.16. The molecule has 0 bridgehead atoms. The molecule has 0 radical (unpaired) electrons. The molecule has 18 heavy (non-hydrogen) atoms. The first-order chi connectivity index (χ1) is 8.61. The fourth-order valence-corrected chi connectivity index (χ4v) is 2.87. The van der Waals surface area contributed by atoms with Crippen molar-refractivity contribution in [2.24, 2.45) is 5.73 Å². The van der Waals surface area contributed by atoms with Crippen LogP contribution in [0.15, 0.2) is 12.1 Å². The van der Waals surface area contributed by atoms with Crippen molar-refractivity contribution in [3.05, 3.63) is 28.3 Å². The van der Waals surface area contributed by atoms with E-state index >= 15 is 0 Å². The molecule has 0 aliphatic carbocycles. The summed E-state index contributed by atoms with van der Waals surface area (Å²) in [5.74, 6) is 0.712. The zero-order valence-electron chi connectivity index (χ0n) is 11.0. The molecule has 1 aliphatic rings. The number of aryl methyl sites for hydroxylation is 1. The van der Waals surface area contributed by atoms with Crippen molar-refractivity contribution in [1.82, 2.24) is 5.32 Å². The van der Waals surface area contributed by atoms with Gasteiger partial charge in [0.2, 0.25) is 0 Å². The molecule has 1 heterocycles. The molecule has 2 rings (SSSR count). The fraction of sp³-hybridized carbons (Fsp3) is 0.571. The van der Waals surface area contributed by atoms with Gasteiger partial charge in [-0.2, -0.15) is 0 Å². The summed E-state index contributed by atoms with van der Waals surface area (Å²) in [4.78, 5) is 0. The van der Waals surface area contributed by atoms with Crippen molar-refractivity contribution in [3.63, 3.8) is 0 Å². The molecule has 0 saturated carbocycles. The molecule has 100 valence electrons. The highest BCUT2D eigenvalue weighted by atomic mass is 35.5. The molecule has 4 heteroatoms. The number of benzene rings is 1. The van der Waals surface area contributed by atoms with E-state index in [-0.39, 0.29) is 6.04 Å². The van der Waals surface area contributed by atoms with Gasteiger partial charge < -0.3 is 15.8 Å². The second-order valence-corrected chi connectivity index (χ2v) is 5.39. The van der Waals surface area contributed by atoms with Crippen molar-refractivity contribution >= 4 is 11.6 Å². The van der Waals surface area contributed by atoms with Gasteiger partial charge in [0, 0.05) is 12.1 Å². The second-order valence-electron chi connectivity index (χ2n) is 4.98. The molecule has 1 aromatic rings. The van der Waals surface area contributed by atoms with Crippen molar-refractivity contribution in [2.75, 3.05) is 13.7 Å². The predicted octanol–water partition coefficient (Wildman–Crippen LogP) is 2.80. The van der Waals surface area contributed by atoms with Gasteiger partial charge in [-0.3, -0.25) is 0 Å². The van der Waals surface area contributed by atoms with Crippen molar-refractivity contribution in [3.8, 4) is 5.75 Å². The third kappa shape index (κ3) is 2.97. The van der Waals surface area contributed by atoms with E-state index in [9.17, 15) is 0 Å². The van der Waals surface area contributed by atoms with Crippen molar-refractivity contribution in [2.45, 2.75) is 38.3 Å². The minimum atomic E-state index is 0.0315. The van der Waals surface area contributed by atoms with E-state index in [1.54, 1.807) is 7.11 Å². The molecule has 1 saturated heterocycles. The first-order valence-corrected chi connectivity index (χ1v) is 6.82. The monoisotopic (exact) mass is 268 g/mol. The first kappa shape index (κ1) is 13.7. The fourth-order valence-electron chi connectivity index (χ4n) is 2.62. The normalized spacial score (nSPS) is 21.0. The van der Waals surface area contributed by atoms with Gasteiger partial charge in [-0.05, 0) is 56.0 Å². The van der Waals surface area contributed by atoms with E-state index < -0.39 is 0 Å². The van der Waals surface area contributed by atoms with Crippen LogP contribution >= 0.6 is 11.6 Å². The molecular weight excluding hydrogens is 248 g/mol. The lowest BCUT2D eigenvalue weighted by atomic mass is 9.95. The Hall–Kier alpha value is -0.770. The molecular formula is C14H21ClN2O. The molecule has 3 N–H and O–H groups in total. The van der Waals surface area contributed by atoms with Crippen molar-refractivity contribution in [1.29, 1.82) is 0 Å². The maximum Gasteiger partial charge on any atom is 0.137 e. The number of methoxy groups -OCH3 is 1. The van der Waals surface area contributed by atoms with Gasteiger partial charge in [0.15, 0.2) is 0 Å². The van der Waals surface area contributed by atoms with Crippen LogP contribution in [-0.2, 0) is 0 Å². The van der Waals surface area contributed by atoms with Crippen LogP contribution in [0.2, 0.25) is 5.02 Å². The van der Waals surface area contributed by atoms with E-state index in [4.69, 9.17) is 22.1 Å². The van der Waals surface area contributed by atoms with Crippen LogP contribution in [0.4, 0.5) is 0 Å². The summed E-state index contributed by atoms with van der Waals surface area (Å²) >= 11 is 6.17. The standard InChI is InChI=1S/C14H21ClN2O/c1-9-6-14(18-2)12(15)8-11(9)13(16)7-10-4-3-5-17-10/h6,8,10,13,17H,3-5,7,16H2,1-2H3. The highest BCUT2D eigenvalue weighted by Crippen LogP contribution is 2.32. The summed E-state index contributed by atoms with van der Waals surface area (Å²) in [6.07, 6.45) is 3.43. The number of hydrogen-bond acceptors (Lipinski definition) is 3. The lowest BCUT2D eigenvalue weighted by molar-refractivity contribution is 0.414. The maximum atomic E-state index is 6.30. The van der Waals surface area contributed by atoms with Crippen LogP contribution in [-0.4, -0.2) is 19.7 Å². The molecule has 0 spiro atoms. The Morgan fingerprint density at radius 3 is 2.94 bits per heavy atom. The van der Waals surface area contributed by atoms with Gasteiger partial charge in [0.25, 0.3) is 0 Å². The van der Waals surface area contributed by atoms with Crippen LogP contribution in [0, 0.1) is 6.92 Å². The van der Waals surface area contributed by atoms with Crippen LogP contribution in [0.3, 0.4) is 0 Å². The molecule has 0 amide bonds. The quantitative estimate of drug-likeness (QED) is 0.883.